The molecule has 20 heavy (non-hydrogen) atoms. The zero-order valence-corrected chi connectivity index (χ0v) is 11.2. The van der Waals surface area contributed by atoms with Gasteiger partial charge in [0.1, 0.15) is 5.84 Å². The van der Waals surface area contributed by atoms with Crippen molar-refractivity contribution < 1.29 is 9.13 Å². The molecule has 102 valence electrons. The normalized spacial score (nSPS) is 13.5. The second-order valence-electron chi connectivity index (χ2n) is 4.64. The molecule has 4 heteroatoms. The molecular formula is C16H15FN2O. The Kier molecular flexibility index (Phi) is 3.14. The van der Waals surface area contributed by atoms with Crippen LogP contribution in [0.2, 0.25) is 0 Å². The first-order valence-corrected chi connectivity index (χ1v) is 6.57. The molecule has 0 radical (unpaired) electrons. The van der Waals surface area contributed by atoms with Crippen LogP contribution >= 0.6 is 0 Å². The van der Waals surface area contributed by atoms with Gasteiger partial charge in [-0.05, 0) is 24.6 Å². The van der Waals surface area contributed by atoms with Crippen LogP contribution in [0.25, 0.3) is 0 Å². The third-order valence-corrected chi connectivity index (χ3v) is 3.40. The number of rotatable bonds is 3. The summed E-state index contributed by atoms with van der Waals surface area (Å²) in [6.45, 7) is 2.85. The van der Waals surface area contributed by atoms with Crippen LogP contribution in [-0.4, -0.2) is 12.4 Å². The number of ether oxygens (including phenoxy) is 1. The van der Waals surface area contributed by atoms with Gasteiger partial charge in [-0.15, -0.1) is 0 Å². The Labute approximate surface area is 117 Å². The highest BCUT2D eigenvalue weighted by Crippen LogP contribution is 2.30. The Morgan fingerprint density at radius 2 is 2.05 bits per heavy atom. The molecule has 1 aliphatic rings. The van der Waals surface area contributed by atoms with Crippen LogP contribution in [0.3, 0.4) is 0 Å². The van der Waals surface area contributed by atoms with Gasteiger partial charge in [-0.2, -0.15) is 0 Å². The van der Waals surface area contributed by atoms with E-state index in [0.717, 1.165) is 11.1 Å². The predicted molar refractivity (Wildman–Crippen MR) is 77.0 cm³/mol. The van der Waals surface area contributed by atoms with E-state index in [-0.39, 0.29) is 5.75 Å². The number of fused-ring (bicyclic) bond motifs is 1. The quantitative estimate of drug-likeness (QED) is 0.925. The minimum Gasteiger partial charge on any atom is -0.491 e. The van der Waals surface area contributed by atoms with Gasteiger partial charge in [0, 0.05) is 17.3 Å². The molecule has 2 aromatic rings. The maximum atomic E-state index is 13.9. The van der Waals surface area contributed by atoms with Crippen molar-refractivity contribution in [3.8, 4) is 5.75 Å². The molecule has 1 N–H and O–H groups in total. The minimum absolute atomic E-state index is 0.250. The Morgan fingerprint density at radius 1 is 1.25 bits per heavy atom. The summed E-state index contributed by atoms with van der Waals surface area (Å²) in [5, 5.41) is 8.20. The van der Waals surface area contributed by atoms with E-state index in [2.05, 4.69) is 0 Å². The van der Waals surface area contributed by atoms with Crippen LogP contribution in [0, 0.1) is 11.2 Å². The fourth-order valence-electron chi connectivity index (χ4n) is 2.43. The Hall–Kier alpha value is -2.36. The van der Waals surface area contributed by atoms with Crippen LogP contribution in [0.4, 0.5) is 10.1 Å². The standard InChI is InChI=1S/C16H15FN2O/c1-2-20-15-8-7-12(9-14(15)17)19-10-11-5-3-4-6-13(11)16(19)18/h3-9,18H,2,10H2,1H3. The molecule has 0 aliphatic carbocycles. The maximum Gasteiger partial charge on any atom is 0.167 e. The second-order valence-corrected chi connectivity index (χ2v) is 4.64. The first-order valence-electron chi connectivity index (χ1n) is 6.57. The number of benzene rings is 2. The highest BCUT2D eigenvalue weighted by Gasteiger charge is 2.25. The van der Waals surface area contributed by atoms with E-state index in [1.165, 1.54) is 6.07 Å². The zero-order chi connectivity index (χ0) is 14.1. The van der Waals surface area contributed by atoms with Gasteiger partial charge in [-0.3, -0.25) is 5.41 Å². The second kappa shape index (κ2) is 4.96. The molecule has 0 saturated heterocycles. The van der Waals surface area contributed by atoms with E-state index in [1.807, 2.05) is 31.2 Å². The first kappa shape index (κ1) is 12.7. The van der Waals surface area contributed by atoms with Crippen molar-refractivity contribution in [2.24, 2.45) is 0 Å². The fraction of sp³-hybridized carbons (Fsp3) is 0.188. The topological polar surface area (TPSA) is 36.3 Å². The van der Waals surface area contributed by atoms with E-state index in [1.54, 1.807) is 17.0 Å². The summed E-state index contributed by atoms with van der Waals surface area (Å²) >= 11 is 0. The third kappa shape index (κ3) is 2.03. The van der Waals surface area contributed by atoms with Gasteiger partial charge < -0.3 is 9.64 Å². The fourth-order valence-corrected chi connectivity index (χ4v) is 2.43. The summed E-state index contributed by atoms with van der Waals surface area (Å²) < 4.78 is 19.1. The largest absolute Gasteiger partial charge is 0.491 e. The van der Waals surface area contributed by atoms with Gasteiger partial charge in [0.2, 0.25) is 0 Å². The number of hydrogen-bond donors (Lipinski definition) is 1. The van der Waals surface area contributed by atoms with Gasteiger partial charge >= 0.3 is 0 Å². The van der Waals surface area contributed by atoms with Crippen LogP contribution < -0.4 is 9.64 Å². The molecule has 1 heterocycles. The SMILES string of the molecule is CCOc1ccc(N2Cc3ccccc3C2=N)cc1F. The highest BCUT2D eigenvalue weighted by atomic mass is 19.1. The summed E-state index contributed by atoms with van der Waals surface area (Å²) in [7, 11) is 0. The van der Waals surface area contributed by atoms with Crippen molar-refractivity contribution in [3.63, 3.8) is 0 Å². The Balaban J connectivity index is 1.92. The minimum atomic E-state index is -0.395. The molecule has 0 amide bonds. The monoisotopic (exact) mass is 270 g/mol. The van der Waals surface area contributed by atoms with Crippen molar-refractivity contribution >= 4 is 11.5 Å². The number of nitrogens with zero attached hydrogens (tertiary/aromatic N) is 1. The van der Waals surface area contributed by atoms with E-state index in [9.17, 15) is 4.39 Å². The molecule has 0 atom stereocenters. The van der Waals surface area contributed by atoms with E-state index < -0.39 is 5.82 Å². The number of halogens is 1. The number of hydrogen-bond acceptors (Lipinski definition) is 2. The number of anilines is 1. The van der Waals surface area contributed by atoms with Gasteiger partial charge in [0.05, 0.1) is 13.2 Å². The molecule has 0 aromatic heterocycles. The number of nitrogens with one attached hydrogen (secondary N) is 1. The van der Waals surface area contributed by atoms with Crippen molar-refractivity contribution in [3.05, 3.63) is 59.4 Å². The maximum absolute atomic E-state index is 13.9. The molecule has 3 nitrogen and oxygen atoms in total. The van der Waals surface area contributed by atoms with Crippen LogP contribution in [0.5, 0.6) is 5.75 Å². The Bertz CT molecular complexity index is 669. The molecule has 0 saturated carbocycles. The summed E-state index contributed by atoms with van der Waals surface area (Å²) in [4.78, 5) is 1.80. The summed E-state index contributed by atoms with van der Waals surface area (Å²) in [6, 6.07) is 12.6. The summed E-state index contributed by atoms with van der Waals surface area (Å²) in [5.74, 6) is 0.261. The van der Waals surface area contributed by atoms with Crippen LogP contribution in [0.15, 0.2) is 42.5 Å². The summed E-state index contributed by atoms with van der Waals surface area (Å²) in [5.41, 5.74) is 2.67. The highest BCUT2D eigenvalue weighted by molar-refractivity contribution is 6.11. The van der Waals surface area contributed by atoms with Crippen molar-refractivity contribution in [2.45, 2.75) is 13.5 Å². The van der Waals surface area contributed by atoms with Crippen molar-refractivity contribution in [1.82, 2.24) is 0 Å². The predicted octanol–water partition coefficient (Wildman–Crippen LogP) is 3.57. The lowest BCUT2D eigenvalue weighted by molar-refractivity contribution is 0.321. The van der Waals surface area contributed by atoms with E-state index >= 15 is 0 Å². The van der Waals surface area contributed by atoms with Crippen molar-refractivity contribution in [2.75, 3.05) is 11.5 Å². The molecule has 3 rings (SSSR count). The zero-order valence-electron chi connectivity index (χ0n) is 11.2. The lowest BCUT2D eigenvalue weighted by Crippen LogP contribution is -2.23. The molecule has 0 bridgehead atoms. The molecule has 0 spiro atoms. The molecule has 0 fully saturated rings. The van der Waals surface area contributed by atoms with Gasteiger partial charge in [-0.1, -0.05) is 24.3 Å². The van der Waals surface area contributed by atoms with Gasteiger partial charge in [0.15, 0.2) is 11.6 Å². The summed E-state index contributed by atoms with van der Waals surface area (Å²) in [6.07, 6.45) is 0. The van der Waals surface area contributed by atoms with Crippen molar-refractivity contribution in [1.29, 1.82) is 5.41 Å². The molecular weight excluding hydrogens is 255 g/mol. The first-order chi connectivity index (χ1) is 9.70. The van der Waals surface area contributed by atoms with Gasteiger partial charge in [0.25, 0.3) is 0 Å². The molecule has 0 unspecified atom stereocenters. The lowest BCUT2D eigenvalue weighted by Gasteiger charge is -2.18. The van der Waals surface area contributed by atoms with Crippen LogP contribution in [-0.2, 0) is 6.54 Å². The Morgan fingerprint density at radius 3 is 2.75 bits per heavy atom. The molecule has 1 aliphatic heterocycles. The third-order valence-electron chi connectivity index (χ3n) is 3.40. The van der Waals surface area contributed by atoms with E-state index in [0.29, 0.717) is 24.7 Å². The van der Waals surface area contributed by atoms with Gasteiger partial charge in [-0.25, -0.2) is 4.39 Å². The van der Waals surface area contributed by atoms with Crippen LogP contribution in [0.1, 0.15) is 18.1 Å². The average Bonchev–Trinajstić information content (AvgIpc) is 2.79. The lowest BCUT2D eigenvalue weighted by atomic mass is 10.1. The number of amidine groups is 1. The van der Waals surface area contributed by atoms with E-state index in [4.69, 9.17) is 10.1 Å². The molecule has 2 aromatic carbocycles. The average molecular weight is 270 g/mol. The smallest absolute Gasteiger partial charge is 0.167 e.